The molecule has 1 aromatic carbocycles. The molecule has 0 bridgehead atoms. The maximum atomic E-state index is 13.0. The average Bonchev–Trinajstić information content (AvgIpc) is 3.19. The summed E-state index contributed by atoms with van der Waals surface area (Å²) in [6.45, 7) is 2.87. The molecule has 2 aromatic heterocycles. The van der Waals surface area contributed by atoms with Gasteiger partial charge in [0.25, 0.3) is 5.91 Å². The van der Waals surface area contributed by atoms with Crippen LogP contribution in [0.1, 0.15) is 9.67 Å². The van der Waals surface area contributed by atoms with E-state index >= 15 is 0 Å². The molecule has 4 rings (SSSR count). The molecular weight excluding hydrogens is 332 g/mol. The van der Waals surface area contributed by atoms with Crippen LogP contribution >= 0.6 is 11.3 Å². The van der Waals surface area contributed by atoms with E-state index in [1.807, 2.05) is 52.7 Å². The third-order valence-corrected chi connectivity index (χ3v) is 5.25. The van der Waals surface area contributed by atoms with Crippen molar-refractivity contribution in [1.82, 2.24) is 14.9 Å². The molecule has 0 aliphatic carbocycles. The van der Waals surface area contributed by atoms with Crippen LogP contribution < -0.4 is 4.90 Å². The summed E-state index contributed by atoms with van der Waals surface area (Å²) in [5, 5.41) is 1.99. The molecule has 5 nitrogen and oxygen atoms in total. The maximum Gasteiger partial charge on any atom is 0.264 e. The van der Waals surface area contributed by atoms with Gasteiger partial charge < -0.3 is 9.80 Å². The van der Waals surface area contributed by atoms with E-state index in [2.05, 4.69) is 14.9 Å². The molecule has 3 aromatic rings. The smallest absolute Gasteiger partial charge is 0.264 e. The van der Waals surface area contributed by atoms with Crippen molar-refractivity contribution in [2.24, 2.45) is 0 Å². The van der Waals surface area contributed by atoms with Gasteiger partial charge in [-0.1, -0.05) is 30.3 Å². The Hall–Kier alpha value is -2.73. The number of piperazine rings is 1. The van der Waals surface area contributed by atoms with E-state index in [-0.39, 0.29) is 5.91 Å². The topological polar surface area (TPSA) is 49.3 Å². The lowest BCUT2D eigenvalue weighted by molar-refractivity contribution is 0.0752. The highest BCUT2D eigenvalue weighted by molar-refractivity contribution is 7.12. The number of thiophene rings is 1. The minimum atomic E-state index is 0.113. The quantitative estimate of drug-likeness (QED) is 0.728. The average molecular weight is 350 g/mol. The summed E-state index contributed by atoms with van der Waals surface area (Å²) in [5.41, 5.74) is 2.10. The Morgan fingerprint density at radius 3 is 2.36 bits per heavy atom. The third-order valence-electron chi connectivity index (χ3n) is 4.35. The van der Waals surface area contributed by atoms with E-state index in [9.17, 15) is 4.79 Å². The lowest BCUT2D eigenvalue weighted by Gasteiger charge is -2.34. The number of hydrogen-bond donors (Lipinski definition) is 0. The first-order valence-corrected chi connectivity index (χ1v) is 9.15. The maximum absolute atomic E-state index is 13.0. The van der Waals surface area contributed by atoms with Crippen molar-refractivity contribution >= 4 is 23.2 Å². The van der Waals surface area contributed by atoms with Gasteiger partial charge in [0.05, 0.1) is 4.88 Å². The Bertz CT molecular complexity index is 842. The van der Waals surface area contributed by atoms with Crippen LogP contribution in [0.5, 0.6) is 0 Å². The van der Waals surface area contributed by atoms with Crippen molar-refractivity contribution in [3.63, 3.8) is 0 Å². The fourth-order valence-corrected chi connectivity index (χ4v) is 3.91. The molecule has 0 radical (unpaired) electrons. The minimum Gasteiger partial charge on any atom is -0.337 e. The summed E-state index contributed by atoms with van der Waals surface area (Å²) in [6.07, 6.45) is 3.50. The summed E-state index contributed by atoms with van der Waals surface area (Å²) in [4.78, 5) is 26.4. The molecule has 0 N–H and O–H groups in total. The van der Waals surface area contributed by atoms with E-state index in [1.165, 1.54) is 11.3 Å². The number of hydrogen-bond acceptors (Lipinski definition) is 5. The highest BCUT2D eigenvalue weighted by atomic mass is 32.1. The Kier molecular flexibility index (Phi) is 4.43. The second kappa shape index (κ2) is 7.03. The van der Waals surface area contributed by atoms with E-state index in [0.717, 1.165) is 35.0 Å². The first kappa shape index (κ1) is 15.8. The number of nitrogens with zero attached hydrogens (tertiary/aromatic N) is 4. The summed E-state index contributed by atoms with van der Waals surface area (Å²) < 4.78 is 0. The molecule has 6 heteroatoms. The molecule has 126 valence electrons. The second-order valence-electron chi connectivity index (χ2n) is 5.86. The molecular formula is C19H18N4OS. The van der Waals surface area contributed by atoms with Crippen LogP contribution in [0, 0.1) is 0 Å². The van der Waals surface area contributed by atoms with Crippen molar-refractivity contribution in [2.45, 2.75) is 0 Å². The number of benzene rings is 1. The van der Waals surface area contributed by atoms with Gasteiger partial charge in [-0.15, -0.1) is 11.3 Å². The Morgan fingerprint density at radius 2 is 1.64 bits per heavy atom. The fraction of sp³-hybridized carbons (Fsp3) is 0.211. The first-order valence-electron chi connectivity index (χ1n) is 8.27. The van der Waals surface area contributed by atoms with Crippen LogP contribution in [0.3, 0.4) is 0 Å². The SMILES string of the molecule is O=C(c1sccc1-c1ccccc1)N1CCN(c2ncccn2)CC1. The molecule has 3 heterocycles. The monoisotopic (exact) mass is 350 g/mol. The van der Waals surface area contributed by atoms with Crippen molar-refractivity contribution in [2.75, 3.05) is 31.1 Å². The predicted octanol–water partition coefficient (Wildman–Crippen LogP) is 3.17. The predicted molar refractivity (Wildman–Crippen MR) is 99.9 cm³/mol. The number of carbonyl (C=O) groups excluding carboxylic acids is 1. The van der Waals surface area contributed by atoms with Crippen LogP contribution in [0.4, 0.5) is 5.95 Å². The van der Waals surface area contributed by atoms with Crippen molar-refractivity contribution in [3.8, 4) is 11.1 Å². The van der Waals surface area contributed by atoms with Gasteiger partial charge in [-0.25, -0.2) is 9.97 Å². The Morgan fingerprint density at radius 1 is 0.920 bits per heavy atom. The van der Waals surface area contributed by atoms with Gasteiger partial charge >= 0.3 is 0 Å². The largest absolute Gasteiger partial charge is 0.337 e. The van der Waals surface area contributed by atoms with E-state index in [0.29, 0.717) is 13.1 Å². The van der Waals surface area contributed by atoms with Crippen molar-refractivity contribution in [3.05, 3.63) is 65.1 Å². The summed E-state index contributed by atoms with van der Waals surface area (Å²) in [6, 6.07) is 13.9. The number of amides is 1. The van der Waals surface area contributed by atoms with Crippen molar-refractivity contribution < 1.29 is 4.79 Å². The molecule has 1 amide bonds. The highest BCUT2D eigenvalue weighted by Crippen LogP contribution is 2.29. The minimum absolute atomic E-state index is 0.113. The van der Waals surface area contributed by atoms with Crippen LogP contribution in [0.2, 0.25) is 0 Å². The third kappa shape index (κ3) is 3.25. The van der Waals surface area contributed by atoms with Gasteiger partial charge in [-0.05, 0) is 23.1 Å². The number of aromatic nitrogens is 2. The van der Waals surface area contributed by atoms with Gasteiger partial charge in [0.1, 0.15) is 0 Å². The van der Waals surface area contributed by atoms with Gasteiger partial charge in [0, 0.05) is 44.1 Å². The van der Waals surface area contributed by atoms with Crippen LogP contribution in [-0.2, 0) is 0 Å². The van der Waals surface area contributed by atoms with Crippen molar-refractivity contribution in [1.29, 1.82) is 0 Å². The zero-order valence-corrected chi connectivity index (χ0v) is 14.5. The lowest BCUT2D eigenvalue weighted by Crippen LogP contribution is -2.49. The molecule has 0 saturated carbocycles. The number of rotatable bonds is 3. The fourth-order valence-electron chi connectivity index (χ4n) is 3.03. The highest BCUT2D eigenvalue weighted by Gasteiger charge is 2.25. The molecule has 0 spiro atoms. The zero-order chi connectivity index (χ0) is 17.1. The molecule has 25 heavy (non-hydrogen) atoms. The first-order chi connectivity index (χ1) is 12.3. The molecule has 0 unspecified atom stereocenters. The van der Waals surface area contributed by atoms with Crippen LogP contribution in [-0.4, -0.2) is 47.0 Å². The number of anilines is 1. The lowest BCUT2D eigenvalue weighted by atomic mass is 10.1. The molecule has 1 saturated heterocycles. The van der Waals surface area contributed by atoms with Gasteiger partial charge in [-0.2, -0.15) is 0 Å². The summed E-state index contributed by atoms with van der Waals surface area (Å²) in [7, 11) is 0. The molecule has 1 fully saturated rings. The van der Waals surface area contributed by atoms with E-state index < -0.39 is 0 Å². The van der Waals surface area contributed by atoms with Crippen LogP contribution in [0.25, 0.3) is 11.1 Å². The summed E-state index contributed by atoms with van der Waals surface area (Å²) >= 11 is 1.51. The standard InChI is InChI=1S/C19H18N4OS/c24-18(17-16(7-14-25-17)15-5-2-1-3-6-15)22-10-12-23(13-11-22)19-20-8-4-9-21-19/h1-9,14H,10-13H2. The normalized spacial score (nSPS) is 14.6. The number of carbonyl (C=O) groups is 1. The molecule has 1 aliphatic rings. The van der Waals surface area contributed by atoms with Crippen LogP contribution in [0.15, 0.2) is 60.2 Å². The van der Waals surface area contributed by atoms with E-state index in [1.54, 1.807) is 12.4 Å². The van der Waals surface area contributed by atoms with E-state index in [4.69, 9.17) is 0 Å². The molecule has 0 atom stereocenters. The second-order valence-corrected chi connectivity index (χ2v) is 6.77. The zero-order valence-electron chi connectivity index (χ0n) is 13.7. The van der Waals surface area contributed by atoms with Gasteiger partial charge in [-0.3, -0.25) is 4.79 Å². The summed E-state index contributed by atoms with van der Waals surface area (Å²) in [5.74, 6) is 0.846. The molecule has 1 aliphatic heterocycles. The van der Waals surface area contributed by atoms with Gasteiger partial charge in [0.2, 0.25) is 5.95 Å². The Labute approximate surface area is 150 Å². The van der Waals surface area contributed by atoms with Gasteiger partial charge in [0.15, 0.2) is 0 Å². The Balaban J connectivity index is 1.48.